The van der Waals surface area contributed by atoms with Gasteiger partial charge >= 0.3 is 0 Å². The minimum absolute atomic E-state index is 0.0310. The first-order chi connectivity index (χ1) is 16.1. The molecule has 1 amide bonds. The first kappa shape index (κ1) is 21.3. The zero-order chi connectivity index (χ0) is 22.9. The van der Waals surface area contributed by atoms with Gasteiger partial charge in [0.25, 0.3) is 5.91 Å². The molecule has 33 heavy (non-hydrogen) atoms. The normalized spacial score (nSPS) is 19.4. The lowest BCUT2D eigenvalue weighted by Crippen LogP contribution is -2.42. The molecule has 7 heteroatoms. The average Bonchev–Trinajstić information content (AvgIpc) is 3.22. The average molecular weight is 448 g/mol. The second kappa shape index (κ2) is 8.75. The van der Waals surface area contributed by atoms with Crippen molar-refractivity contribution < 1.29 is 23.4 Å². The molecule has 0 unspecified atom stereocenters. The van der Waals surface area contributed by atoms with Crippen LogP contribution in [0.3, 0.4) is 0 Å². The molecule has 2 heterocycles. The van der Waals surface area contributed by atoms with Gasteiger partial charge in [0.1, 0.15) is 23.1 Å². The molecular weight excluding hydrogens is 423 g/mol. The lowest BCUT2D eigenvalue weighted by Gasteiger charge is -2.35. The Morgan fingerprint density at radius 1 is 1.03 bits per heavy atom. The predicted octanol–water partition coefficient (Wildman–Crippen LogP) is 4.47. The van der Waals surface area contributed by atoms with Crippen molar-refractivity contribution >= 4 is 5.91 Å². The second-order valence-corrected chi connectivity index (χ2v) is 8.27. The van der Waals surface area contributed by atoms with E-state index < -0.39 is 0 Å². The van der Waals surface area contributed by atoms with Crippen LogP contribution in [-0.4, -0.2) is 43.3 Å². The third-order valence-corrected chi connectivity index (χ3v) is 6.26. The van der Waals surface area contributed by atoms with Gasteiger partial charge < -0.3 is 14.2 Å². The van der Waals surface area contributed by atoms with Crippen molar-refractivity contribution in [1.29, 1.82) is 0 Å². The van der Waals surface area contributed by atoms with Gasteiger partial charge in [-0.25, -0.2) is 9.40 Å². The number of ether oxygens (including phenoxy) is 3. The maximum Gasteiger partial charge on any atom is 0.268 e. The van der Waals surface area contributed by atoms with E-state index in [9.17, 15) is 9.18 Å². The Labute approximate surface area is 192 Å². The lowest BCUT2D eigenvalue weighted by molar-refractivity contribution is -0.00595. The number of hydrazine groups is 1. The number of halogens is 1. The molecule has 5 rings (SSSR count). The second-order valence-electron chi connectivity index (χ2n) is 8.27. The molecule has 2 aliphatic rings. The quantitative estimate of drug-likeness (QED) is 0.577. The van der Waals surface area contributed by atoms with Crippen LogP contribution < -0.4 is 14.2 Å². The summed E-state index contributed by atoms with van der Waals surface area (Å²) in [5.41, 5.74) is 2.45. The number of methoxy groups -OCH3 is 2. The Balaban J connectivity index is 1.55. The zero-order valence-corrected chi connectivity index (χ0v) is 18.5. The number of nitrogens with zero attached hydrogens (tertiary/aromatic N) is 2. The van der Waals surface area contributed by atoms with Crippen molar-refractivity contribution in [3.63, 3.8) is 0 Å². The van der Waals surface area contributed by atoms with Gasteiger partial charge in [0.15, 0.2) is 0 Å². The van der Waals surface area contributed by atoms with Crippen LogP contribution in [0.4, 0.5) is 4.39 Å². The smallest absolute Gasteiger partial charge is 0.268 e. The van der Waals surface area contributed by atoms with Crippen molar-refractivity contribution in [2.75, 3.05) is 27.4 Å². The van der Waals surface area contributed by atoms with Crippen LogP contribution in [0.25, 0.3) is 0 Å². The molecule has 0 bridgehead atoms. The summed E-state index contributed by atoms with van der Waals surface area (Å²) in [4.78, 5) is 13.5. The number of carbonyl (C=O) groups excluding carboxylic acids is 1. The summed E-state index contributed by atoms with van der Waals surface area (Å²) in [7, 11) is 3.23. The number of benzene rings is 3. The standard InChI is InChI=1S/C26H25FN2O4/c1-31-21-11-17(12-22(13-21)32-2)14-28-25-19(16-33-24-6-4-3-5-23(24)25)15-29(28)26(30)18-7-9-20(27)10-8-18/h3-13,19,25H,14-16H2,1-2H3/t19-,25-/m1/s1. The van der Waals surface area contributed by atoms with Gasteiger partial charge in [-0.15, -0.1) is 0 Å². The van der Waals surface area contributed by atoms with Crippen molar-refractivity contribution in [3.05, 3.63) is 89.2 Å². The molecule has 0 saturated carbocycles. The van der Waals surface area contributed by atoms with Crippen LogP contribution >= 0.6 is 0 Å². The highest BCUT2D eigenvalue weighted by atomic mass is 19.1. The van der Waals surface area contributed by atoms with Gasteiger partial charge in [-0.05, 0) is 48.0 Å². The molecule has 0 spiro atoms. The highest BCUT2D eigenvalue weighted by Gasteiger charge is 2.46. The van der Waals surface area contributed by atoms with Gasteiger partial charge in [-0.1, -0.05) is 18.2 Å². The summed E-state index contributed by atoms with van der Waals surface area (Å²) in [5.74, 6) is 1.77. The molecule has 0 aromatic heterocycles. The Hall–Kier alpha value is -3.58. The van der Waals surface area contributed by atoms with E-state index in [4.69, 9.17) is 14.2 Å². The lowest BCUT2D eigenvalue weighted by atomic mass is 9.91. The third kappa shape index (κ3) is 4.00. The number of hydrogen-bond acceptors (Lipinski definition) is 5. The number of rotatable bonds is 5. The van der Waals surface area contributed by atoms with Crippen LogP contribution in [0, 0.1) is 11.7 Å². The predicted molar refractivity (Wildman–Crippen MR) is 121 cm³/mol. The van der Waals surface area contributed by atoms with Gasteiger partial charge in [-0.3, -0.25) is 9.80 Å². The molecule has 3 aromatic rings. The molecule has 0 aliphatic carbocycles. The minimum Gasteiger partial charge on any atom is -0.497 e. The summed E-state index contributed by atoms with van der Waals surface area (Å²) in [6.45, 7) is 1.50. The van der Waals surface area contributed by atoms with E-state index in [1.54, 1.807) is 19.2 Å². The van der Waals surface area contributed by atoms with E-state index >= 15 is 0 Å². The van der Waals surface area contributed by atoms with E-state index in [0.29, 0.717) is 36.8 Å². The fraction of sp³-hybridized carbons (Fsp3) is 0.269. The fourth-order valence-corrected chi connectivity index (χ4v) is 4.70. The summed E-state index contributed by atoms with van der Waals surface area (Å²) in [6, 6.07) is 19.3. The topological polar surface area (TPSA) is 51.2 Å². The first-order valence-corrected chi connectivity index (χ1v) is 10.8. The van der Waals surface area contributed by atoms with Crippen LogP contribution in [0.2, 0.25) is 0 Å². The number of amides is 1. The molecule has 2 atom stereocenters. The SMILES string of the molecule is COc1cc(CN2[C@H]3c4ccccc4OC[C@H]3CN2C(=O)c2ccc(F)cc2)cc(OC)c1. The molecular formula is C26H25FN2O4. The summed E-state index contributed by atoms with van der Waals surface area (Å²) in [5, 5.41) is 3.85. The van der Waals surface area contributed by atoms with Crippen LogP contribution in [0.1, 0.15) is 27.5 Å². The molecule has 6 nitrogen and oxygen atoms in total. The zero-order valence-electron chi connectivity index (χ0n) is 18.5. The minimum atomic E-state index is -0.371. The van der Waals surface area contributed by atoms with Gasteiger partial charge in [0.2, 0.25) is 0 Å². The Morgan fingerprint density at radius 2 is 1.73 bits per heavy atom. The third-order valence-electron chi connectivity index (χ3n) is 6.26. The van der Waals surface area contributed by atoms with E-state index in [1.807, 2.05) is 36.4 Å². The van der Waals surface area contributed by atoms with Crippen LogP contribution in [0.5, 0.6) is 17.2 Å². The van der Waals surface area contributed by atoms with Crippen molar-refractivity contribution in [3.8, 4) is 17.2 Å². The van der Waals surface area contributed by atoms with E-state index in [2.05, 4.69) is 11.1 Å². The fourth-order valence-electron chi connectivity index (χ4n) is 4.70. The number of hydrogen-bond donors (Lipinski definition) is 0. The number of carbonyl (C=O) groups is 1. The summed E-state index contributed by atoms with van der Waals surface area (Å²) in [6.07, 6.45) is 0. The molecule has 1 saturated heterocycles. The Morgan fingerprint density at radius 3 is 2.42 bits per heavy atom. The first-order valence-electron chi connectivity index (χ1n) is 10.8. The maximum atomic E-state index is 13.5. The maximum absolute atomic E-state index is 13.5. The number of para-hydroxylation sites is 1. The molecule has 170 valence electrons. The monoisotopic (exact) mass is 448 g/mol. The molecule has 0 N–H and O–H groups in total. The Kier molecular flexibility index (Phi) is 5.64. The van der Waals surface area contributed by atoms with E-state index in [1.165, 1.54) is 24.3 Å². The molecule has 0 radical (unpaired) electrons. The molecule has 3 aromatic carbocycles. The molecule has 1 fully saturated rings. The summed E-state index contributed by atoms with van der Waals surface area (Å²) < 4.78 is 30.4. The van der Waals surface area contributed by atoms with Gasteiger partial charge in [0.05, 0.1) is 26.9 Å². The number of fused-ring (bicyclic) bond motifs is 3. The van der Waals surface area contributed by atoms with Crippen LogP contribution in [0.15, 0.2) is 66.7 Å². The van der Waals surface area contributed by atoms with Gasteiger partial charge in [0, 0.05) is 36.2 Å². The van der Waals surface area contributed by atoms with Crippen molar-refractivity contribution in [1.82, 2.24) is 10.0 Å². The van der Waals surface area contributed by atoms with Gasteiger partial charge in [-0.2, -0.15) is 0 Å². The Bertz CT molecular complexity index is 1140. The van der Waals surface area contributed by atoms with E-state index in [-0.39, 0.29) is 23.7 Å². The summed E-state index contributed by atoms with van der Waals surface area (Å²) >= 11 is 0. The van der Waals surface area contributed by atoms with Crippen LogP contribution in [-0.2, 0) is 6.54 Å². The highest BCUT2D eigenvalue weighted by molar-refractivity contribution is 5.94. The molecule has 2 aliphatic heterocycles. The largest absolute Gasteiger partial charge is 0.497 e. The van der Waals surface area contributed by atoms with Crippen molar-refractivity contribution in [2.45, 2.75) is 12.6 Å². The highest BCUT2D eigenvalue weighted by Crippen LogP contribution is 2.45. The van der Waals surface area contributed by atoms with Crippen molar-refractivity contribution in [2.24, 2.45) is 5.92 Å². The van der Waals surface area contributed by atoms with E-state index in [0.717, 1.165) is 16.9 Å².